The zero-order valence-corrected chi connectivity index (χ0v) is 9.42. The van der Waals surface area contributed by atoms with E-state index in [1.54, 1.807) is 6.92 Å². The Morgan fingerprint density at radius 1 is 1.15 bits per heavy atom. The molecule has 0 amide bonds. The van der Waals surface area contributed by atoms with Crippen LogP contribution in [-0.4, -0.2) is 23.9 Å². The molecule has 0 saturated carbocycles. The molecule has 13 heavy (non-hydrogen) atoms. The van der Waals surface area contributed by atoms with E-state index in [0.717, 1.165) is 25.4 Å². The highest BCUT2D eigenvalue weighted by Crippen LogP contribution is 2.06. The van der Waals surface area contributed by atoms with Gasteiger partial charge in [-0.05, 0) is 39.0 Å². The molecule has 2 nitrogen and oxygen atoms in total. The van der Waals surface area contributed by atoms with Crippen molar-refractivity contribution in [2.45, 2.75) is 59.2 Å². The first-order valence-corrected chi connectivity index (χ1v) is 5.32. The van der Waals surface area contributed by atoms with Crippen LogP contribution in [0.3, 0.4) is 0 Å². The minimum atomic E-state index is -0.250. The SMILES string of the molecule is CC(C)CCCOC(C)CC(C)O. The summed E-state index contributed by atoms with van der Waals surface area (Å²) in [7, 11) is 0. The molecule has 0 aromatic carbocycles. The molecular weight excluding hydrogens is 164 g/mol. The number of rotatable bonds is 7. The third-order valence-corrected chi connectivity index (χ3v) is 2.00. The van der Waals surface area contributed by atoms with Crippen LogP contribution >= 0.6 is 0 Å². The Morgan fingerprint density at radius 3 is 2.23 bits per heavy atom. The molecule has 80 valence electrons. The Hall–Kier alpha value is -0.0800. The molecule has 2 heteroatoms. The first-order valence-electron chi connectivity index (χ1n) is 5.32. The maximum absolute atomic E-state index is 9.09. The Morgan fingerprint density at radius 2 is 1.77 bits per heavy atom. The topological polar surface area (TPSA) is 29.5 Å². The second-order valence-electron chi connectivity index (χ2n) is 4.30. The van der Waals surface area contributed by atoms with Crippen molar-refractivity contribution >= 4 is 0 Å². The Kier molecular flexibility index (Phi) is 7.29. The Balaban J connectivity index is 3.22. The van der Waals surface area contributed by atoms with E-state index < -0.39 is 0 Å². The summed E-state index contributed by atoms with van der Waals surface area (Å²) in [6.07, 6.45) is 3.03. The first-order chi connectivity index (χ1) is 6.02. The lowest BCUT2D eigenvalue weighted by Gasteiger charge is -2.14. The number of hydrogen-bond donors (Lipinski definition) is 1. The lowest BCUT2D eigenvalue weighted by atomic mass is 10.1. The molecule has 0 spiro atoms. The summed E-state index contributed by atoms with van der Waals surface area (Å²) in [5.41, 5.74) is 0. The van der Waals surface area contributed by atoms with E-state index in [0.29, 0.717) is 0 Å². The van der Waals surface area contributed by atoms with Crippen molar-refractivity contribution in [3.8, 4) is 0 Å². The standard InChI is InChI=1S/C11H24O2/c1-9(2)6-5-7-13-11(4)8-10(3)12/h9-12H,5-8H2,1-4H3. The summed E-state index contributed by atoms with van der Waals surface area (Å²) < 4.78 is 5.54. The highest BCUT2D eigenvalue weighted by atomic mass is 16.5. The predicted molar refractivity (Wildman–Crippen MR) is 55.8 cm³/mol. The molecule has 0 bridgehead atoms. The molecule has 0 saturated heterocycles. The molecule has 2 atom stereocenters. The van der Waals surface area contributed by atoms with Crippen molar-refractivity contribution in [1.82, 2.24) is 0 Å². The van der Waals surface area contributed by atoms with Gasteiger partial charge in [-0.15, -0.1) is 0 Å². The molecule has 1 N–H and O–H groups in total. The maximum Gasteiger partial charge on any atom is 0.0571 e. The van der Waals surface area contributed by atoms with Crippen LogP contribution in [0, 0.1) is 5.92 Å². The summed E-state index contributed by atoms with van der Waals surface area (Å²) in [6.45, 7) is 9.08. The zero-order valence-electron chi connectivity index (χ0n) is 9.42. The number of ether oxygens (including phenoxy) is 1. The predicted octanol–water partition coefficient (Wildman–Crippen LogP) is 2.60. The summed E-state index contributed by atoms with van der Waals surface area (Å²) >= 11 is 0. The Bertz CT molecular complexity index is 111. The van der Waals surface area contributed by atoms with Crippen molar-refractivity contribution in [2.24, 2.45) is 5.92 Å². The maximum atomic E-state index is 9.09. The largest absolute Gasteiger partial charge is 0.393 e. The van der Waals surface area contributed by atoms with Crippen molar-refractivity contribution < 1.29 is 9.84 Å². The van der Waals surface area contributed by atoms with Crippen LogP contribution in [0.2, 0.25) is 0 Å². The number of aliphatic hydroxyl groups excluding tert-OH is 1. The van der Waals surface area contributed by atoms with Crippen LogP contribution in [0.4, 0.5) is 0 Å². The third kappa shape index (κ3) is 9.84. The molecule has 0 aliphatic rings. The summed E-state index contributed by atoms with van der Waals surface area (Å²) in [5, 5.41) is 9.09. The van der Waals surface area contributed by atoms with Crippen LogP contribution in [-0.2, 0) is 4.74 Å². The normalized spacial score (nSPS) is 16.2. The minimum absolute atomic E-state index is 0.187. The molecule has 0 heterocycles. The van der Waals surface area contributed by atoms with Gasteiger partial charge in [0.25, 0.3) is 0 Å². The first kappa shape index (κ1) is 12.9. The highest BCUT2D eigenvalue weighted by molar-refractivity contribution is 4.55. The van der Waals surface area contributed by atoms with Crippen molar-refractivity contribution in [3.05, 3.63) is 0 Å². The van der Waals surface area contributed by atoms with Crippen LogP contribution in [0.5, 0.6) is 0 Å². The van der Waals surface area contributed by atoms with Gasteiger partial charge >= 0.3 is 0 Å². The fourth-order valence-corrected chi connectivity index (χ4v) is 1.32. The van der Waals surface area contributed by atoms with Crippen molar-refractivity contribution in [1.29, 1.82) is 0 Å². The van der Waals surface area contributed by atoms with E-state index in [1.807, 2.05) is 6.92 Å². The summed E-state index contributed by atoms with van der Waals surface area (Å²) in [4.78, 5) is 0. The third-order valence-electron chi connectivity index (χ3n) is 2.00. The van der Waals surface area contributed by atoms with Gasteiger partial charge in [0.15, 0.2) is 0 Å². The van der Waals surface area contributed by atoms with Crippen LogP contribution in [0.15, 0.2) is 0 Å². The van der Waals surface area contributed by atoms with Crippen LogP contribution in [0.1, 0.15) is 47.0 Å². The molecule has 0 aromatic heterocycles. The molecule has 0 aromatic rings. The summed E-state index contributed by atoms with van der Waals surface area (Å²) in [5.74, 6) is 0.760. The molecule has 2 unspecified atom stereocenters. The van der Waals surface area contributed by atoms with Gasteiger partial charge in [0.1, 0.15) is 0 Å². The van der Waals surface area contributed by atoms with Gasteiger partial charge in [-0.3, -0.25) is 0 Å². The number of hydrogen-bond acceptors (Lipinski definition) is 2. The molecule has 0 aliphatic heterocycles. The van der Waals surface area contributed by atoms with E-state index >= 15 is 0 Å². The average Bonchev–Trinajstić information content (AvgIpc) is 1.96. The van der Waals surface area contributed by atoms with Gasteiger partial charge in [-0.1, -0.05) is 13.8 Å². The lowest BCUT2D eigenvalue weighted by Crippen LogP contribution is -2.16. The minimum Gasteiger partial charge on any atom is -0.393 e. The highest BCUT2D eigenvalue weighted by Gasteiger charge is 2.05. The summed E-state index contributed by atoms with van der Waals surface area (Å²) in [6, 6.07) is 0. The van der Waals surface area contributed by atoms with Gasteiger partial charge in [-0.2, -0.15) is 0 Å². The second-order valence-corrected chi connectivity index (χ2v) is 4.30. The van der Waals surface area contributed by atoms with Gasteiger partial charge in [0, 0.05) is 6.61 Å². The van der Waals surface area contributed by atoms with Gasteiger partial charge in [0.2, 0.25) is 0 Å². The van der Waals surface area contributed by atoms with Gasteiger partial charge in [-0.25, -0.2) is 0 Å². The zero-order chi connectivity index (χ0) is 10.3. The van der Waals surface area contributed by atoms with E-state index in [2.05, 4.69) is 13.8 Å². The lowest BCUT2D eigenvalue weighted by molar-refractivity contribution is 0.0265. The van der Waals surface area contributed by atoms with E-state index in [4.69, 9.17) is 9.84 Å². The Labute approximate surface area is 82.3 Å². The monoisotopic (exact) mass is 188 g/mol. The fraction of sp³-hybridized carbons (Fsp3) is 1.00. The van der Waals surface area contributed by atoms with Crippen LogP contribution < -0.4 is 0 Å². The number of aliphatic hydroxyl groups is 1. The smallest absolute Gasteiger partial charge is 0.0571 e. The van der Waals surface area contributed by atoms with E-state index in [1.165, 1.54) is 6.42 Å². The molecular formula is C11H24O2. The quantitative estimate of drug-likeness (QED) is 0.622. The molecule has 0 radical (unpaired) electrons. The van der Waals surface area contributed by atoms with Crippen LogP contribution in [0.25, 0.3) is 0 Å². The van der Waals surface area contributed by atoms with Crippen molar-refractivity contribution in [2.75, 3.05) is 6.61 Å². The molecule has 0 fully saturated rings. The van der Waals surface area contributed by atoms with E-state index in [9.17, 15) is 0 Å². The average molecular weight is 188 g/mol. The van der Waals surface area contributed by atoms with Crippen molar-refractivity contribution in [3.63, 3.8) is 0 Å². The second kappa shape index (κ2) is 7.34. The molecule has 0 aliphatic carbocycles. The van der Waals surface area contributed by atoms with E-state index in [-0.39, 0.29) is 12.2 Å². The van der Waals surface area contributed by atoms with Gasteiger partial charge in [0.05, 0.1) is 12.2 Å². The molecule has 0 rings (SSSR count). The van der Waals surface area contributed by atoms with Gasteiger partial charge < -0.3 is 9.84 Å². The fourth-order valence-electron chi connectivity index (χ4n) is 1.32.